The summed E-state index contributed by atoms with van der Waals surface area (Å²) in [6.07, 6.45) is 1.61. The number of ether oxygens (including phenoxy) is 2. The van der Waals surface area contributed by atoms with Gasteiger partial charge in [0, 0.05) is 45.2 Å². The van der Waals surface area contributed by atoms with Gasteiger partial charge in [0.1, 0.15) is 23.2 Å². The third kappa shape index (κ3) is 4.55. The summed E-state index contributed by atoms with van der Waals surface area (Å²) in [4.78, 5) is 13.4. The second-order valence-electron chi connectivity index (χ2n) is 7.80. The highest BCUT2D eigenvalue weighted by Crippen LogP contribution is 2.32. The first-order valence-corrected chi connectivity index (χ1v) is 11.2. The zero-order chi connectivity index (χ0) is 22.6. The van der Waals surface area contributed by atoms with E-state index in [0.29, 0.717) is 6.54 Å². The molecule has 0 unspecified atom stereocenters. The fourth-order valence-corrected chi connectivity index (χ4v) is 4.27. The minimum atomic E-state index is 0.228. The number of aromatic nitrogens is 2. The molecule has 0 radical (unpaired) electrons. The second-order valence-corrected chi connectivity index (χ2v) is 8.19. The maximum atomic E-state index is 6.10. The highest BCUT2D eigenvalue weighted by Gasteiger charge is 2.23. The summed E-state index contributed by atoms with van der Waals surface area (Å²) in [6.45, 7) is 4.06. The van der Waals surface area contributed by atoms with Crippen LogP contribution in [0.4, 0.5) is 5.82 Å². The van der Waals surface area contributed by atoms with Crippen LogP contribution in [0.1, 0.15) is 5.56 Å². The number of nitrogens with zero attached hydrogens (tertiary/aromatic N) is 4. The van der Waals surface area contributed by atoms with Crippen molar-refractivity contribution in [3.05, 3.63) is 60.4 Å². The molecular weight excluding hydrogens is 438 g/mol. The first-order chi connectivity index (χ1) is 16.2. The van der Waals surface area contributed by atoms with Gasteiger partial charge in [0.2, 0.25) is 0 Å². The zero-order valence-corrected chi connectivity index (χ0v) is 19.2. The van der Waals surface area contributed by atoms with Crippen LogP contribution in [-0.2, 0) is 11.3 Å². The van der Waals surface area contributed by atoms with E-state index < -0.39 is 0 Å². The van der Waals surface area contributed by atoms with E-state index in [2.05, 4.69) is 25.1 Å². The van der Waals surface area contributed by atoms with E-state index in [9.17, 15) is 0 Å². The van der Waals surface area contributed by atoms with Crippen LogP contribution in [-0.4, -0.2) is 60.1 Å². The topological polar surface area (TPSA) is 75.9 Å². The smallest absolute Gasteiger partial charge is 0.196 e. The highest BCUT2D eigenvalue weighted by molar-refractivity contribution is 7.80. The zero-order valence-electron chi connectivity index (χ0n) is 18.4. The molecule has 0 spiro atoms. The van der Waals surface area contributed by atoms with Crippen molar-refractivity contribution in [1.29, 1.82) is 0 Å². The fourth-order valence-electron chi connectivity index (χ4n) is 4.02. The largest absolute Gasteiger partial charge is 0.468 e. The highest BCUT2D eigenvalue weighted by atomic mass is 32.1. The number of methoxy groups -OCH3 is 1. The summed E-state index contributed by atoms with van der Waals surface area (Å²) < 4.78 is 16.6. The van der Waals surface area contributed by atoms with Gasteiger partial charge in [-0.15, -0.1) is 0 Å². The van der Waals surface area contributed by atoms with Crippen LogP contribution >= 0.6 is 12.2 Å². The summed E-state index contributed by atoms with van der Waals surface area (Å²) in [5.74, 6) is 1.61. The number of furan rings is 1. The molecule has 33 heavy (non-hydrogen) atoms. The lowest BCUT2D eigenvalue weighted by atomic mass is 10.2. The van der Waals surface area contributed by atoms with Crippen molar-refractivity contribution in [2.75, 3.05) is 45.0 Å². The molecule has 2 aromatic heterocycles. The van der Waals surface area contributed by atoms with E-state index in [1.807, 2.05) is 48.5 Å². The van der Waals surface area contributed by atoms with Gasteiger partial charge in [-0.2, -0.15) is 0 Å². The summed E-state index contributed by atoms with van der Waals surface area (Å²) in [5.41, 5.74) is 3.52. The summed E-state index contributed by atoms with van der Waals surface area (Å²) in [5, 5.41) is 5.12. The van der Waals surface area contributed by atoms with E-state index in [0.717, 1.165) is 70.5 Å². The van der Waals surface area contributed by atoms with Crippen LogP contribution in [0.15, 0.2) is 59.3 Å². The van der Waals surface area contributed by atoms with Crippen LogP contribution in [0.25, 0.3) is 22.1 Å². The third-order valence-electron chi connectivity index (χ3n) is 5.69. The number of piperazine rings is 1. The average Bonchev–Trinajstić information content (AvgIpc) is 3.25. The molecule has 0 amide bonds. The van der Waals surface area contributed by atoms with Crippen LogP contribution in [0, 0.1) is 0 Å². The molecule has 0 saturated carbocycles. The van der Waals surface area contributed by atoms with Crippen molar-refractivity contribution in [2.45, 2.75) is 6.54 Å². The van der Waals surface area contributed by atoms with Crippen LogP contribution in [0.2, 0.25) is 0 Å². The molecule has 1 N–H and O–H groups in total. The van der Waals surface area contributed by atoms with Gasteiger partial charge in [-0.05, 0) is 42.0 Å². The Bertz CT molecular complexity index is 1270. The molecule has 1 saturated heterocycles. The lowest BCUT2D eigenvalue weighted by molar-refractivity contribution is 0.0511. The minimum Gasteiger partial charge on any atom is -0.468 e. The van der Waals surface area contributed by atoms with Crippen molar-refractivity contribution < 1.29 is 13.9 Å². The van der Waals surface area contributed by atoms with Crippen LogP contribution in [0.5, 0.6) is 5.75 Å². The first kappa shape index (κ1) is 21.4. The van der Waals surface area contributed by atoms with Gasteiger partial charge in [-0.25, -0.2) is 9.97 Å². The number of thiocarbonyl (C=S) groups is 1. The number of hydrogen-bond acceptors (Lipinski definition) is 7. The minimum absolute atomic E-state index is 0.228. The van der Waals surface area contributed by atoms with Gasteiger partial charge in [0.15, 0.2) is 23.3 Å². The van der Waals surface area contributed by atoms with Gasteiger partial charge in [-0.3, -0.25) is 0 Å². The Hall–Kier alpha value is -3.43. The van der Waals surface area contributed by atoms with Crippen molar-refractivity contribution in [3.8, 4) is 5.75 Å². The molecule has 2 aromatic carbocycles. The molecule has 170 valence electrons. The maximum Gasteiger partial charge on any atom is 0.196 e. The number of rotatable bonds is 6. The Labute approximate surface area is 197 Å². The SMILES string of the molecule is COCOc1cccc(CNC(=S)N2CCN(c3ncnc4c3oc3ccccc34)CC2)c1. The van der Waals surface area contributed by atoms with Gasteiger partial charge >= 0.3 is 0 Å². The van der Waals surface area contributed by atoms with E-state index >= 15 is 0 Å². The number of nitrogens with one attached hydrogen (secondary N) is 1. The van der Waals surface area contributed by atoms with Gasteiger partial charge < -0.3 is 29.0 Å². The number of hydrogen-bond donors (Lipinski definition) is 1. The van der Waals surface area contributed by atoms with Crippen molar-refractivity contribution >= 4 is 45.2 Å². The lowest BCUT2D eigenvalue weighted by Crippen LogP contribution is -2.51. The fraction of sp³-hybridized carbons (Fsp3) is 0.292. The quantitative estimate of drug-likeness (QED) is 0.341. The number of anilines is 1. The molecule has 0 atom stereocenters. The second kappa shape index (κ2) is 9.60. The van der Waals surface area contributed by atoms with Crippen molar-refractivity contribution in [1.82, 2.24) is 20.2 Å². The van der Waals surface area contributed by atoms with Crippen molar-refractivity contribution in [2.24, 2.45) is 0 Å². The Morgan fingerprint density at radius 1 is 1.09 bits per heavy atom. The molecule has 9 heteroatoms. The van der Waals surface area contributed by atoms with Gasteiger partial charge in [0.05, 0.1) is 0 Å². The number of fused-ring (bicyclic) bond motifs is 3. The molecule has 1 fully saturated rings. The monoisotopic (exact) mass is 463 g/mol. The number of benzene rings is 2. The summed E-state index contributed by atoms with van der Waals surface area (Å²) in [6, 6.07) is 15.8. The van der Waals surface area contributed by atoms with Gasteiger partial charge in [0.25, 0.3) is 0 Å². The van der Waals surface area contributed by atoms with E-state index in [-0.39, 0.29) is 6.79 Å². The normalized spacial score (nSPS) is 14.1. The molecule has 0 aliphatic carbocycles. The van der Waals surface area contributed by atoms with E-state index in [1.165, 1.54) is 0 Å². The molecule has 0 bridgehead atoms. The molecule has 5 rings (SSSR count). The first-order valence-electron chi connectivity index (χ1n) is 10.8. The predicted octanol–water partition coefficient (Wildman–Crippen LogP) is 3.56. The Morgan fingerprint density at radius 3 is 2.79 bits per heavy atom. The Balaban J connectivity index is 1.20. The summed E-state index contributed by atoms with van der Waals surface area (Å²) >= 11 is 5.65. The Kier molecular flexibility index (Phi) is 6.23. The molecule has 1 aliphatic heterocycles. The van der Waals surface area contributed by atoms with Crippen LogP contribution in [0.3, 0.4) is 0 Å². The summed E-state index contributed by atoms with van der Waals surface area (Å²) in [7, 11) is 1.60. The molecule has 1 aliphatic rings. The molecule has 8 nitrogen and oxygen atoms in total. The van der Waals surface area contributed by atoms with E-state index in [4.69, 9.17) is 26.1 Å². The van der Waals surface area contributed by atoms with Crippen molar-refractivity contribution in [3.63, 3.8) is 0 Å². The van der Waals surface area contributed by atoms with Gasteiger partial charge in [-0.1, -0.05) is 24.3 Å². The third-order valence-corrected chi connectivity index (χ3v) is 6.09. The standard InChI is InChI=1S/C24H25N5O3S/c1-30-16-31-18-6-4-5-17(13-18)14-25-24(33)29-11-9-28(10-12-29)23-22-21(26-15-27-23)19-7-2-3-8-20(19)32-22/h2-8,13,15H,9-12,14,16H2,1H3,(H,25,33). The number of para-hydroxylation sites is 1. The molecular formula is C24H25N5O3S. The predicted molar refractivity (Wildman–Crippen MR) is 131 cm³/mol. The Morgan fingerprint density at radius 2 is 1.94 bits per heavy atom. The average molecular weight is 464 g/mol. The van der Waals surface area contributed by atoms with Crippen LogP contribution < -0.4 is 15.0 Å². The van der Waals surface area contributed by atoms with E-state index in [1.54, 1.807) is 13.4 Å². The lowest BCUT2D eigenvalue weighted by Gasteiger charge is -2.36. The maximum absolute atomic E-state index is 6.10. The molecule has 4 aromatic rings. The molecule has 3 heterocycles.